The lowest BCUT2D eigenvalue weighted by molar-refractivity contribution is -0.139. The van der Waals surface area contributed by atoms with E-state index in [1.807, 2.05) is 35.0 Å². The van der Waals surface area contributed by atoms with Gasteiger partial charge >= 0.3 is 0 Å². The summed E-state index contributed by atoms with van der Waals surface area (Å²) in [5.74, 6) is -0.921. The van der Waals surface area contributed by atoms with E-state index in [2.05, 4.69) is 27.5 Å². The summed E-state index contributed by atoms with van der Waals surface area (Å²) in [6.45, 7) is 4.99. The minimum absolute atomic E-state index is 0.0745. The number of likely N-dealkylation sites (tertiary alicyclic amines) is 1. The van der Waals surface area contributed by atoms with Crippen LogP contribution in [0.15, 0.2) is 90.0 Å². The van der Waals surface area contributed by atoms with Gasteiger partial charge in [-0.25, -0.2) is 4.98 Å². The number of imidazole rings is 1. The minimum atomic E-state index is -0.697. The Morgan fingerprint density at radius 3 is 2.65 bits per heavy atom. The van der Waals surface area contributed by atoms with E-state index < -0.39 is 17.7 Å². The zero-order chi connectivity index (χ0) is 24.1. The fourth-order valence-corrected chi connectivity index (χ4v) is 4.41. The summed E-state index contributed by atoms with van der Waals surface area (Å²) >= 11 is 3.47. The lowest BCUT2D eigenvalue weighted by atomic mass is 9.95. The van der Waals surface area contributed by atoms with Gasteiger partial charge in [0.05, 0.1) is 17.9 Å². The zero-order valence-corrected chi connectivity index (χ0v) is 20.0. The molecule has 0 radical (unpaired) electrons. The molecule has 8 heteroatoms. The lowest BCUT2D eigenvalue weighted by Crippen LogP contribution is -2.31. The van der Waals surface area contributed by atoms with Crippen molar-refractivity contribution < 1.29 is 19.4 Å². The van der Waals surface area contributed by atoms with Crippen LogP contribution < -0.4 is 4.74 Å². The molecule has 1 aromatic heterocycles. The molecule has 7 nitrogen and oxygen atoms in total. The number of ketones is 1. The maximum Gasteiger partial charge on any atom is 0.295 e. The second-order valence-corrected chi connectivity index (χ2v) is 8.74. The summed E-state index contributed by atoms with van der Waals surface area (Å²) in [5.41, 5.74) is 1.25. The molecule has 0 saturated carbocycles. The maximum absolute atomic E-state index is 13.1. The van der Waals surface area contributed by atoms with Gasteiger partial charge in [-0.3, -0.25) is 9.59 Å². The van der Waals surface area contributed by atoms with Gasteiger partial charge < -0.3 is 19.3 Å². The molecule has 1 N–H and O–H groups in total. The van der Waals surface area contributed by atoms with E-state index in [4.69, 9.17) is 4.74 Å². The number of aryl methyl sites for hydroxylation is 1. The molecule has 3 aromatic rings. The van der Waals surface area contributed by atoms with Gasteiger partial charge in [0.2, 0.25) is 0 Å². The number of aliphatic hydroxyl groups excluding tert-OH is 1. The molecule has 1 aliphatic heterocycles. The van der Waals surface area contributed by atoms with Crippen LogP contribution in [0.25, 0.3) is 5.76 Å². The number of aromatic nitrogens is 2. The van der Waals surface area contributed by atoms with Gasteiger partial charge in [0.25, 0.3) is 11.7 Å². The second kappa shape index (κ2) is 10.5. The van der Waals surface area contributed by atoms with Crippen LogP contribution in [0, 0.1) is 0 Å². The number of hydrogen-bond acceptors (Lipinski definition) is 5. The Labute approximate surface area is 206 Å². The number of carbonyl (C=O) groups is 2. The van der Waals surface area contributed by atoms with Crippen molar-refractivity contribution in [3.8, 4) is 5.75 Å². The van der Waals surface area contributed by atoms with Gasteiger partial charge in [-0.15, -0.1) is 0 Å². The van der Waals surface area contributed by atoms with Gasteiger partial charge in [-0.2, -0.15) is 0 Å². The third-order valence-electron chi connectivity index (χ3n) is 5.57. The third-order valence-corrected chi connectivity index (χ3v) is 6.07. The molecule has 1 saturated heterocycles. The van der Waals surface area contributed by atoms with Crippen LogP contribution in [0.2, 0.25) is 0 Å². The first-order valence-corrected chi connectivity index (χ1v) is 11.6. The normalized spacial score (nSPS) is 17.2. The Morgan fingerprint density at radius 1 is 1.18 bits per heavy atom. The first-order chi connectivity index (χ1) is 16.5. The van der Waals surface area contributed by atoms with Crippen LogP contribution in [0.3, 0.4) is 0 Å². The summed E-state index contributed by atoms with van der Waals surface area (Å²) in [4.78, 5) is 31.8. The molecule has 0 aliphatic carbocycles. The van der Waals surface area contributed by atoms with Gasteiger partial charge in [-0.05, 0) is 48.4 Å². The van der Waals surface area contributed by atoms with E-state index in [9.17, 15) is 14.7 Å². The van der Waals surface area contributed by atoms with Crippen LogP contribution in [-0.2, 0) is 16.1 Å². The van der Waals surface area contributed by atoms with Crippen molar-refractivity contribution in [2.75, 3.05) is 13.2 Å². The highest BCUT2D eigenvalue weighted by atomic mass is 79.9. The molecule has 0 spiro atoms. The van der Waals surface area contributed by atoms with Crippen molar-refractivity contribution in [3.63, 3.8) is 0 Å². The zero-order valence-electron chi connectivity index (χ0n) is 18.4. The van der Waals surface area contributed by atoms with Gasteiger partial charge in [-0.1, -0.05) is 40.7 Å². The van der Waals surface area contributed by atoms with Crippen LogP contribution in [0.1, 0.15) is 23.6 Å². The van der Waals surface area contributed by atoms with Crippen LogP contribution in [0.5, 0.6) is 5.75 Å². The van der Waals surface area contributed by atoms with Crippen molar-refractivity contribution in [2.45, 2.75) is 19.0 Å². The monoisotopic (exact) mass is 521 g/mol. The molecule has 34 heavy (non-hydrogen) atoms. The fourth-order valence-electron chi connectivity index (χ4n) is 4.00. The molecule has 0 bridgehead atoms. The highest BCUT2D eigenvalue weighted by molar-refractivity contribution is 9.10. The summed E-state index contributed by atoms with van der Waals surface area (Å²) in [6, 6.07) is 13.5. The summed E-state index contributed by atoms with van der Waals surface area (Å²) in [5, 5.41) is 11.2. The topological polar surface area (TPSA) is 84.7 Å². The predicted octanol–water partition coefficient (Wildman–Crippen LogP) is 4.72. The molecule has 174 valence electrons. The summed E-state index contributed by atoms with van der Waals surface area (Å²) < 4.78 is 8.23. The second-order valence-electron chi connectivity index (χ2n) is 7.83. The number of ether oxygens (including phenoxy) is 1. The summed E-state index contributed by atoms with van der Waals surface area (Å²) in [7, 11) is 0. The maximum atomic E-state index is 13.1. The van der Waals surface area contributed by atoms with Crippen molar-refractivity contribution in [1.82, 2.24) is 14.5 Å². The molecule has 4 rings (SSSR count). The molecular formula is C26H24BrN3O4. The van der Waals surface area contributed by atoms with Crippen molar-refractivity contribution >= 4 is 33.4 Å². The highest BCUT2D eigenvalue weighted by Gasteiger charge is 2.45. The predicted molar refractivity (Wildman–Crippen MR) is 132 cm³/mol. The Kier molecular flexibility index (Phi) is 7.27. The number of carbonyl (C=O) groups excluding carboxylic acids is 2. The van der Waals surface area contributed by atoms with Crippen molar-refractivity contribution in [2.24, 2.45) is 0 Å². The third kappa shape index (κ3) is 4.97. The smallest absolute Gasteiger partial charge is 0.295 e. The molecule has 2 heterocycles. The number of aliphatic hydroxyl groups is 1. The molecule has 1 unspecified atom stereocenters. The van der Waals surface area contributed by atoms with E-state index in [-0.39, 0.29) is 11.3 Å². The number of hydrogen-bond donors (Lipinski definition) is 1. The van der Waals surface area contributed by atoms with Crippen molar-refractivity contribution in [1.29, 1.82) is 0 Å². The Balaban J connectivity index is 1.69. The quantitative estimate of drug-likeness (QED) is 0.190. The first kappa shape index (κ1) is 23.5. The molecule has 2 aromatic carbocycles. The van der Waals surface area contributed by atoms with Crippen LogP contribution in [0.4, 0.5) is 0 Å². The fraction of sp³-hybridized carbons (Fsp3) is 0.192. The van der Waals surface area contributed by atoms with Crippen LogP contribution >= 0.6 is 15.9 Å². The number of Topliss-reactive ketones (excluding diaryl/α,β-unsaturated/α-hetero) is 1. The van der Waals surface area contributed by atoms with E-state index >= 15 is 0 Å². The molecule has 1 aliphatic rings. The molecule has 1 fully saturated rings. The number of halogens is 1. The lowest BCUT2D eigenvalue weighted by Gasteiger charge is -2.25. The largest absolute Gasteiger partial charge is 0.507 e. The average molecular weight is 522 g/mol. The number of benzene rings is 2. The van der Waals surface area contributed by atoms with E-state index in [0.29, 0.717) is 37.4 Å². The van der Waals surface area contributed by atoms with Gasteiger partial charge in [0.15, 0.2) is 0 Å². The Bertz CT molecular complexity index is 1220. The number of amides is 1. The van der Waals surface area contributed by atoms with E-state index in [1.165, 1.54) is 4.90 Å². The van der Waals surface area contributed by atoms with Gasteiger partial charge in [0, 0.05) is 35.5 Å². The Morgan fingerprint density at radius 2 is 1.97 bits per heavy atom. The molecular weight excluding hydrogens is 498 g/mol. The highest BCUT2D eigenvalue weighted by Crippen LogP contribution is 2.40. The number of nitrogens with zero attached hydrogens (tertiary/aromatic N) is 3. The average Bonchev–Trinajstić information content (AvgIpc) is 3.45. The SMILES string of the molecule is C=CCOc1ccc(/C(O)=C2/C(=O)C(=O)N(CCCn3ccnc3)C2c2cccc(Br)c2)cc1. The van der Waals surface area contributed by atoms with Gasteiger partial charge in [0.1, 0.15) is 18.1 Å². The molecule has 1 amide bonds. The summed E-state index contributed by atoms with van der Waals surface area (Å²) in [6.07, 6.45) is 7.52. The minimum Gasteiger partial charge on any atom is -0.507 e. The number of rotatable bonds is 9. The molecule has 1 atom stereocenters. The Hall–Kier alpha value is -3.65. The van der Waals surface area contributed by atoms with E-state index in [0.717, 1.165) is 10.0 Å². The van der Waals surface area contributed by atoms with Crippen LogP contribution in [-0.4, -0.2) is 44.4 Å². The first-order valence-electron chi connectivity index (χ1n) is 10.8. The van der Waals surface area contributed by atoms with E-state index in [1.54, 1.807) is 42.9 Å². The standard InChI is InChI=1S/C26H24BrN3O4/c1-2-15-34-21-9-7-18(8-10-21)24(31)22-23(19-5-3-6-20(27)16-19)30(26(33)25(22)32)13-4-12-29-14-11-28-17-29/h2-3,5-11,14,16-17,23,31H,1,4,12-13,15H2/b24-22-. The van der Waals surface area contributed by atoms with Crippen molar-refractivity contribution in [3.05, 3.63) is 101 Å².